The Kier molecular flexibility index (Phi) is 2.44. The highest BCUT2D eigenvalue weighted by atomic mass is 32.2. The Hall–Kier alpha value is -0.700. The van der Waals surface area contributed by atoms with Crippen molar-refractivity contribution in [2.24, 2.45) is 5.92 Å². The van der Waals surface area contributed by atoms with Crippen molar-refractivity contribution in [1.82, 2.24) is 4.98 Å². The average molecular weight is 194 g/mol. The van der Waals surface area contributed by atoms with Gasteiger partial charge in [0.15, 0.2) is 0 Å². The maximum Gasteiger partial charge on any atom is 0.119 e. The highest BCUT2D eigenvalue weighted by molar-refractivity contribution is 8.00. The van der Waals surface area contributed by atoms with Gasteiger partial charge in [-0.25, -0.2) is 4.98 Å². The van der Waals surface area contributed by atoms with Crippen LogP contribution in [0.25, 0.3) is 0 Å². The van der Waals surface area contributed by atoms with Crippen LogP contribution in [0.4, 0.5) is 5.69 Å². The third-order valence-electron chi connectivity index (χ3n) is 2.27. The molecular weight excluding hydrogens is 180 g/mol. The third kappa shape index (κ3) is 1.80. The molecule has 2 heterocycles. The summed E-state index contributed by atoms with van der Waals surface area (Å²) >= 11 is 1.89. The standard InChI is InChI=1S/C10H14N2S/c1-7(2)9-6-12-8-4-3-5-11-10(8)13-9/h3-5,7,9,12H,6H2,1-2H3. The van der Waals surface area contributed by atoms with Gasteiger partial charge < -0.3 is 5.32 Å². The van der Waals surface area contributed by atoms with Crippen LogP contribution in [0.5, 0.6) is 0 Å². The minimum absolute atomic E-state index is 0.655. The van der Waals surface area contributed by atoms with E-state index in [4.69, 9.17) is 0 Å². The summed E-state index contributed by atoms with van der Waals surface area (Å²) in [6, 6.07) is 4.06. The molecule has 1 N–H and O–H groups in total. The van der Waals surface area contributed by atoms with Gasteiger partial charge in [-0.3, -0.25) is 0 Å². The fourth-order valence-corrected chi connectivity index (χ4v) is 2.50. The van der Waals surface area contributed by atoms with Gasteiger partial charge in [0.2, 0.25) is 0 Å². The Bertz CT molecular complexity index is 299. The number of thioether (sulfide) groups is 1. The van der Waals surface area contributed by atoms with Crippen molar-refractivity contribution < 1.29 is 0 Å². The number of aromatic nitrogens is 1. The molecule has 0 aromatic carbocycles. The van der Waals surface area contributed by atoms with Crippen molar-refractivity contribution in [3.05, 3.63) is 18.3 Å². The summed E-state index contributed by atoms with van der Waals surface area (Å²) in [5, 5.41) is 5.21. The van der Waals surface area contributed by atoms with Crippen molar-refractivity contribution in [2.75, 3.05) is 11.9 Å². The monoisotopic (exact) mass is 194 g/mol. The maximum atomic E-state index is 4.35. The Labute approximate surface area is 83.1 Å². The van der Waals surface area contributed by atoms with Gasteiger partial charge in [-0.05, 0) is 18.1 Å². The zero-order chi connectivity index (χ0) is 9.26. The summed E-state index contributed by atoms with van der Waals surface area (Å²) in [4.78, 5) is 4.35. The quantitative estimate of drug-likeness (QED) is 0.744. The number of rotatable bonds is 1. The van der Waals surface area contributed by atoms with Gasteiger partial charge in [0.05, 0.1) is 5.69 Å². The molecular formula is C10H14N2S. The van der Waals surface area contributed by atoms with E-state index in [1.165, 1.54) is 5.69 Å². The van der Waals surface area contributed by atoms with E-state index in [0.717, 1.165) is 11.6 Å². The molecule has 0 fully saturated rings. The second-order valence-electron chi connectivity index (χ2n) is 3.64. The smallest absolute Gasteiger partial charge is 0.119 e. The van der Waals surface area contributed by atoms with E-state index >= 15 is 0 Å². The predicted molar refractivity (Wildman–Crippen MR) is 57.2 cm³/mol. The van der Waals surface area contributed by atoms with Gasteiger partial charge in [0.25, 0.3) is 0 Å². The maximum absolute atomic E-state index is 4.35. The number of anilines is 1. The Balaban J connectivity index is 2.20. The number of nitrogens with zero attached hydrogens (tertiary/aromatic N) is 1. The molecule has 1 aromatic heterocycles. The topological polar surface area (TPSA) is 24.9 Å². The van der Waals surface area contributed by atoms with Crippen LogP contribution in [-0.2, 0) is 0 Å². The Morgan fingerprint density at radius 2 is 2.46 bits per heavy atom. The fraction of sp³-hybridized carbons (Fsp3) is 0.500. The van der Waals surface area contributed by atoms with Crippen LogP contribution in [0.15, 0.2) is 23.4 Å². The van der Waals surface area contributed by atoms with Gasteiger partial charge in [0, 0.05) is 18.0 Å². The second-order valence-corrected chi connectivity index (χ2v) is 4.87. The first-order valence-corrected chi connectivity index (χ1v) is 5.51. The summed E-state index contributed by atoms with van der Waals surface area (Å²) in [5.41, 5.74) is 1.18. The van der Waals surface area contributed by atoms with Gasteiger partial charge in [-0.15, -0.1) is 0 Å². The van der Waals surface area contributed by atoms with Crippen molar-refractivity contribution in [1.29, 1.82) is 0 Å². The second kappa shape index (κ2) is 3.58. The van der Waals surface area contributed by atoms with Crippen molar-refractivity contribution >= 4 is 17.4 Å². The lowest BCUT2D eigenvalue weighted by molar-refractivity contribution is 0.618. The predicted octanol–water partition coefficient (Wildman–Crippen LogP) is 2.62. The molecule has 1 unspecified atom stereocenters. The normalized spacial score (nSPS) is 21.0. The molecule has 2 rings (SSSR count). The number of nitrogens with one attached hydrogen (secondary N) is 1. The molecule has 13 heavy (non-hydrogen) atoms. The van der Waals surface area contributed by atoms with Gasteiger partial charge in [-0.2, -0.15) is 0 Å². The van der Waals surface area contributed by atoms with E-state index in [1.807, 2.05) is 24.0 Å². The molecule has 0 radical (unpaired) electrons. The molecule has 1 aliphatic heterocycles. The van der Waals surface area contributed by atoms with E-state index in [9.17, 15) is 0 Å². The highest BCUT2D eigenvalue weighted by Gasteiger charge is 2.21. The summed E-state index contributed by atoms with van der Waals surface area (Å²) in [6.07, 6.45) is 1.86. The first-order valence-electron chi connectivity index (χ1n) is 4.63. The third-order valence-corrected chi connectivity index (χ3v) is 3.83. The minimum atomic E-state index is 0.655. The van der Waals surface area contributed by atoms with E-state index in [1.54, 1.807) is 0 Å². The summed E-state index contributed by atoms with van der Waals surface area (Å²) in [5.74, 6) is 0.702. The van der Waals surface area contributed by atoms with Gasteiger partial charge in [0.1, 0.15) is 5.03 Å². The number of hydrogen-bond acceptors (Lipinski definition) is 3. The molecule has 0 saturated heterocycles. The lowest BCUT2D eigenvalue weighted by Crippen LogP contribution is -2.26. The lowest BCUT2D eigenvalue weighted by Gasteiger charge is -2.27. The van der Waals surface area contributed by atoms with Crippen LogP contribution in [0.1, 0.15) is 13.8 Å². The zero-order valence-electron chi connectivity index (χ0n) is 7.95. The van der Waals surface area contributed by atoms with Crippen LogP contribution in [0, 0.1) is 5.92 Å². The molecule has 1 aliphatic rings. The van der Waals surface area contributed by atoms with Crippen molar-refractivity contribution in [3.63, 3.8) is 0 Å². The van der Waals surface area contributed by atoms with E-state index in [0.29, 0.717) is 11.2 Å². The summed E-state index contributed by atoms with van der Waals surface area (Å²) in [7, 11) is 0. The minimum Gasteiger partial charge on any atom is -0.382 e. The summed E-state index contributed by atoms with van der Waals surface area (Å²) < 4.78 is 0. The Morgan fingerprint density at radius 1 is 1.62 bits per heavy atom. The van der Waals surface area contributed by atoms with Crippen molar-refractivity contribution in [3.8, 4) is 0 Å². The lowest BCUT2D eigenvalue weighted by atomic mass is 10.1. The van der Waals surface area contributed by atoms with Crippen molar-refractivity contribution in [2.45, 2.75) is 24.1 Å². The largest absolute Gasteiger partial charge is 0.382 e. The summed E-state index contributed by atoms with van der Waals surface area (Å²) in [6.45, 7) is 5.57. The average Bonchev–Trinajstić information content (AvgIpc) is 2.17. The van der Waals surface area contributed by atoms with E-state index in [2.05, 4.69) is 30.2 Å². The molecule has 1 atom stereocenters. The molecule has 0 aliphatic carbocycles. The zero-order valence-corrected chi connectivity index (χ0v) is 8.77. The van der Waals surface area contributed by atoms with Crippen LogP contribution in [-0.4, -0.2) is 16.8 Å². The Morgan fingerprint density at radius 3 is 3.23 bits per heavy atom. The number of fused-ring (bicyclic) bond motifs is 1. The number of hydrogen-bond donors (Lipinski definition) is 1. The first-order chi connectivity index (χ1) is 6.27. The molecule has 0 amide bonds. The fourth-order valence-electron chi connectivity index (χ4n) is 1.39. The molecule has 0 bridgehead atoms. The molecule has 1 aromatic rings. The SMILES string of the molecule is CC(C)C1CNc2cccnc2S1. The van der Waals surface area contributed by atoms with Crippen LogP contribution in [0.2, 0.25) is 0 Å². The van der Waals surface area contributed by atoms with E-state index in [-0.39, 0.29) is 0 Å². The first kappa shape index (κ1) is 8.88. The molecule has 2 nitrogen and oxygen atoms in total. The number of pyridine rings is 1. The molecule has 0 saturated carbocycles. The van der Waals surface area contributed by atoms with Crippen LogP contribution in [0.3, 0.4) is 0 Å². The van der Waals surface area contributed by atoms with Gasteiger partial charge >= 0.3 is 0 Å². The molecule has 70 valence electrons. The van der Waals surface area contributed by atoms with Crippen LogP contribution < -0.4 is 5.32 Å². The van der Waals surface area contributed by atoms with E-state index < -0.39 is 0 Å². The van der Waals surface area contributed by atoms with Crippen LogP contribution >= 0.6 is 11.8 Å². The molecule has 3 heteroatoms. The molecule has 0 spiro atoms. The van der Waals surface area contributed by atoms with Gasteiger partial charge in [-0.1, -0.05) is 25.6 Å². The highest BCUT2D eigenvalue weighted by Crippen LogP contribution is 2.35.